The van der Waals surface area contributed by atoms with Crippen LogP contribution in [0.2, 0.25) is 0 Å². The predicted molar refractivity (Wildman–Crippen MR) is 118 cm³/mol. The normalized spacial score (nSPS) is 14.2. The highest BCUT2D eigenvalue weighted by molar-refractivity contribution is 7.89. The second-order valence-electron chi connectivity index (χ2n) is 7.49. The Kier molecular flexibility index (Phi) is 6.94. The number of hydrogen-bond donors (Lipinski definition) is 1. The van der Waals surface area contributed by atoms with Crippen molar-refractivity contribution in [1.82, 2.24) is 9.21 Å². The lowest BCUT2D eigenvalue weighted by atomic mass is 10.1. The van der Waals surface area contributed by atoms with E-state index in [2.05, 4.69) is 5.32 Å². The van der Waals surface area contributed by atoms with Crippen LogP contribution < -0.4 is 5.32 Å². The number of hydrogen-bond acceptors (Lipinski definition) is 7. The highest BCUT2D eigenvalue weighted by atomic mass is 32.2. The molecule has 0 saturated carbocycles. The van der Waals surface area contributed by atoms with Crippen LogP contribution in [0.4, 0.5) is 5.69 Å². The number of imide groups is 1. The third kappa shape index (κ3) is 5.10. The van der Waals surface area contributed by atoms with E-state index in [1.54, 1.807) is 24.3 Å². The van der Waals surface area contributed by atoms with Crippen molar-refractivity contribution in [3.8, 4) is 0 Å². The molecule has 3 rings (SSSR count). The van der Waals surface area contributed by atoms with E-state index in [0.29, 0.717) is 0 Å². The molecule has 1 N–H and O–H groups in total. The van der Waals surface area contributed by atoms with Crippen molar-refractivity contribution in [2.24, 2.45) is 0 Å². The fourth-order valence-electron chi connectivity index (χ4n) is 3.14. The Morgan fingerprint density at radius 2 is 1.64 bits per heavy atom. The SMILES string of the molecule is CC(OC(=O)CCN1C(=O)c2ccccc2C1=O)C(=O)Nc1cccc(S(=O)(=O)N(C)C)c1. The molecule has 0 aromatic heterocycles. The highest BCUT2D eigenvalue weighted by Gasteiger charge is 2.35. The van der Waals surface area contributed by atoms with Gasteiger partial charge >= 0.3 is 5.97 Å². The Morgan fingerprint density at radius 1 is 1.03 bits per heavy atom. The smallest absolute Gasteiger partial charge is 0.308 e. The van der Waals surface area contributed by atoms with Gasteiger partial charge in [0.05, 0.1) is 22.4 Å². The third-order valence-electron chi connectivity index (χ3n) is 4.98. The average Bonchev–Trinajstić information content (AvgIpc) is 3.02. The van der Waals surface area contributed by atoms with Gasteiger partial charge in [0.1, 0.15) is 0 Å². The minimum absolute atomic E-state index is 0.00380. The molecule has 0 aliphatic carbocycles. The summed E-state index contributed by atoms with van der Waals surface area (Å²) in [4.78, 5) is 50.2. The topological polar surface area (TPSA) is 130 Å². The maximum atomic E-state index is 12.4. The largest absolute Gasteiger partial charge is 0.452 e. The average molecular weight is 474 g/mol. The van der Waals surface area contributed by atoms with Crippen molar-refractivity contribution >= 4 is 39.4 Å². The Hall–Kier alpha value is -3.57. The molecule has 0 radical (unpaired) electrons. The van der Waals surface area contributed by atoms with Gasteiger partial charge < -0.3 is 10.1 Å². The van der Waals surface area contributed by atoms with Crippen LogP contribution in [0.1, 0.15) is 34.1 Å². The minimum Gasteiger partial charge on any atom is -0.452 e. The molecule has 3 amide bonds. The first-order valence-corrected chi connectivity index (χ1v) is 11.4. The number of benzene rings is 2. The molecule has 0 bridgehead atoms. The van der Waals surface area contributed by atoms with Gasteiger partial charge in [-0.2, -0.15) is 0 Å². The van der Waals surface area contributed by atoms with Gasteiger partial charge in [-0.25, -0.2) is 12.7 Å². The highest BCUT2D eigenvalue weighted by Crippen LogP contribution is 2.22. The van der Waals surface area contributed by atoms with Gasteiger partial charge in [-0.1, -0.05) is 18.2 Å². The molecule has 1 heterocycles. The van der Waals surface area contributed by atoms with E-state index in [0.717, 1.165) is 9.21 Å². The molecule has 0 spiro atoms. The number of carbonyl (C=O) groups is 4. The molecule has 1 aliphatic rings. The molecule has 174 valence electrons. The second kappa shape index (κ2) is 9.51. The molecule has 0 saturated heterocycles. The quantitative estimate of drug-likeness (QED) is 0.454. The third-order valence-corrected chi connectivity index (χ3v) is 6.79. The van der Waals surface area contributed by atoms with Crippen molar-refractivity contribution < 1.29 is 32.3 Å². The minimum atomic E-state index is -3.68. The lowest BCUT2D eigenvalue weighted by Gasteiger charge is -2.16. The van der Waals surface area contributed by atoms with Crippen LogP contribution in [-0.4, -0.2) is 68.1 Å². The van der Waals surface area contributed by atoms with Crippen LogP contribution in [0.5, 0.6) is 0 Å². The van der Waals surface area contributed by atoms with Gasteiger partial charge in [-0.3, -0.25) is 24.1 Å². The zero-order valence-corrected chi connectivity index (χ0v) is 19.1. The second-order valence-corrected chi connectivity index (χ2v) is 9.65. The summed E-state index contributed by atoms with van der Waals surface area (Å²) in [6.07, 6.45) is -1.46. The first-order valence-electron chi connectivity index (χ1n) is 10.0. The number of fused-ring (bicyclic) bond motifs is 1. The zero-order valence-electron chi connectivity index (χ0n) is 18.3. The number of amides is 3. The van der Waals surface area contributed by atoms with E-state index in [4.69, 9.17) is 4.74 Å². The molecule has 11 heteroatoms. The monoisotopic (exact) mass is 473 g/mol. The molecular weight excluding hydrogens is 450 g/mol. The summed E-state index contributed by atoms with van der Waals surface area (Å²) in [5.74, 6) is -2.40. The fourth-order valence-corrected chi connectivity index (χ4v) is 4.09. The molecule has 1 atom stereocenters. The summed E-state index contributed by atoms with van der Waals surface area (Å²) in [7, 11) is -0.896. The Bertz CT molecular complexity index is 1190. The standard InChI is InChI=1S/C22H23N3O7S/c1-14(20(27)23-15-7-6-8-16(13-15)33(30,31)24(2)3)32-19(26)11-12-25-21(28)17-9-4-5-10-18(17)22(25)29/h4-10,13-14H,11-12H2,1-3H3,(H,23,27). The number of rotatable bonds is 8. The summed E-state index contributed by atoms with van der Waals surface area (Å²) in [5.41, 5.74) is 0.779. The summed E-state index contributed by atoms with van der Waals surface area (Å²) < 4.78 is 30.6. The Balaban J connectivity index is 1.55. The van der Waals surface area contributed by atoms with Gasteiger partial charge in [-0.05, 0) is 37.3 Å². The predicted octanol–water partition coefficient (Wildman–Crippen LogP) is 1.49. The van der Waals surface area contributed by atoms with Crippen LogP contribution in [0.15, 0.2) is 53.4 Å². The van der Waals surface area contributed by atoms with Crippen molar-refractivity contribution in [2.75, 3.05) is 26.0 Å². The van der Waals surface area contributed by atoms with Crippen LogP contribution in [-0.2, 0) is 24.3 Å². The summed E-state index contributed by atoms with van der Waals surface area (Å²) in [6.45, 7) is 1.18. The molecule has 10 nitrogen and oxygen atoms in total. The van der Waals surface area contributed by atoms with E-state index in [9.17, 15) is 27.6 Å². The van der Waals surface area contributed by atoms with E-state index >= 15 is 0 Å². The van der Waals surface area contributed by atoms with Crippen LogP contribution in [0, 0.1) is 0 Å². The van der Waals surface area contributed by atoms with Crippen molar-refractivity contribution in [3.63, 3.8) is 0 Å². The van der Waals surface area contributed by atoms with Gasteiger partial charge in [0.2, 0.25) is 10.0 Å². The van der Waals surface area contributed by atoms with E-state index in [1.165, 1.54) is 45.3 Å². The summed E-state index contributed by atoms with van der Waals surface area (Å²) >= 11 is 0. The lowest BCUT2D eigenvalue weighted by molar-refractivity contribution is -0.153. The zero-order chi connectivity index (χ0) is 24.3. The van der Waals surface area contributed by atoms with Gasteiger partial charge in [-0.15, -0.1) is 0 Å². The van der Waals surface area contributed by atoms with E-state index in [-0.39, 0.29) is 34.7 Å². The van der Waals surface area contributed by atoms with Gasteiger partial charge in [0, 0.05) is 26.3 Å². The Morgan fingerprint density at radius 3 is 2.21 bits per heavy atom. The number of carbonyl (C=O) groups excluding carboxylic acids is 4. The molecular formula is C22H23N3O7S. The first-order chi connectivity index (χ1) is 15.5. The van der Waals surface area contributed by atoms with Gasteiger partial charge in [0.25, 0.3) is 17.7 Å². The van der Waals surface area contributed by atoms with E-state index < -0.39 is 39.8 Å². The number of esters is 1. The number of anilines is 1. The maximum Gasteiger partial charge on any atom is 0.308 e. The lowest BCUT2D eigenvalue weighted by Crippen LogP contribution is -2.34. The summed E-state index contributed by atoms with van der Waals surface area (Å²) in [6, 6.07) is 12.0. The fraction of sp³-hybridized carbons (Fsp3) is 0.273. The van der Waals surface area contributed by atoms with Crippen LogP contribution >= 0.6 is 0 Å². The molecule has 1 unspecified atom stereocenters. The summed E-state index contributed by atoms with van der Waals surface area (Å²) in [5, 5.41) is 2.50. The van der Waals surface area contributed by atoms with Crippen molar-refractivity contribution in [2.45, 2.75) is 24.3 Å². The molecule has 0 fully saturated rings. The number of ether oxygens (including phenoxy) is 1. The molecule has 2 aromatic carbocycles. The first kappa shape index (κ1) is 24.1. The van der Waals surface area contributed by atoms with Gasteiger partial charge in [0.15, 0.2) is 6.10 Å². The van der Waals surface area contributed by atoms with Crippen LogP contribution in [0.25, 0.3) is 0 Å². The maximum absolute atomic E-state index is 12.4. The van der Waals surface area contributed by atoms with Crippen molar-refractivity contribution in [1.29, 1.82) is 0 Å². The molecule has 2 aromatic rings. The Labute approximate surface area is 191 Å². The van der Waals surface area contributed by atoms with Crippen LogP contribution in [0.3, 0.4) is 0 Å². The number of sulfonamides is 1. The van der Waals surface area contributed by atoms with Crippen molar-refractivity contribution in [3.05, 3.63) is 59.7 Å². The molecule has 33 heavy (non-hydrogen) atoms. The van der Waals surface area contributed by atoms with E-state index in [1.807, 2.05) is 0 Å². The number of nitrogens with one attached hydrogen (secondary N) is 1. The number of nitrogens with zero attached hydrogens (tertiary/aromatic N) is 2. The molecule has 1 aliphatic heterocycles.